The fourth-order valence-corrected chi connectivity index (χ4v) is 8.20. The van der Waals surface area contributed by atoms with Crippen molar-refractivity contribution >= 4 is 27.5 Å². The van der Waals surface area contributed by atoms with Gasteiger partial charge in [-0.25, -0.2) is 0 Å². The molecule has 0 aromatic rings. The van der Waals surface area contributed by atoms with Crippen molar-refractivity contribution < 1.29 is 7.87 Å². The maximum absolute atomic E-state index is 11.8. The van der Waals surface area contributed by atoms with Gasteiger partial charge < -0.3 is 0 Å². The Morgan fingerprint density at radius 3 is 1.75 bits per heavy atom. The van der Waals surface area contributed by atoms with Gasteiger partial charge in [-0.2, -0.15) is 0 Å². The fourth-order valence-electron chi connectivity index (χ4n) is 3.81. The molecular weight excluding hydrogens is 355 g/mol. The first-order chi connectivity index (χ1) is 9.68. The van der Waals surface area contributed by atoms with Gasteiger partial charge >= 0.3 is 135 Å². The summed E-state index contributed by atoms with van der Waals surface area (Å²) in [5.74, 6) is 1.89. The molecule has 0 aliphatic heterocycles. The van der Waals surface area contributed by atoms with E-state index in [4.69, 9.17) is 3.07 Å². The molecule has 0 atom stereocenters. The molecule has 0 N–H and O–H groups in total. The Hall–Kier alpha value is 0.269. The molecule has 0 aromatic heterocycles. The Labute approximate surface area is 135 Å². The third kappa shape index (κ3) is 4.92. The van der Waals surface area contributed by atoms with Gasteiger partial charge in [0.05, 0.1) is 0 Å². The summed E-state index contributed by atoms with van der Waals surface area (Å²) in [6.07, 6.45) is 14.1. The Morgan fingerprint density at radius 1 is 0.900 bits per heavy atom. The van der Waals surface area contributed by atoms with Crippen LogP contribution in [0.25, 0.3) is 0 Å². The molecule has 114 valence electrons. The second-order valence-corrected chi connectivity index (χ2v) is 10.2. The van der Waals surface area contributed by atoms with Crippen LogP contribution in [0.15, 0.2) is 0 Å². The van der Waals surface area contributed by atoms with Crippen LogP contribution < -0.4 is 0 Å². The summed E-state index contributed by atoms with van der Waals surface area (Å²) in [6.45, 7) is 3.91. The first kappa shape index (κ1) is 16.6. The van der Waals surface area contributed by atoms with E-state index in [9.17, 15) is 4.79 Å². The molecule has 2 saturated carbocycles. The fraction of sp³-hybridized carbons (Fsp3) is 0.941. The number of carbonyl (C=O) groups is 1. The zero-order chi connectivity index (χ0) is 14.4. The average molecular weight is 385 g/mol. The average Bonchev–Trinajstić information content (AvgIpc) is 2.49. The summed E-state index contributed by atoms with van der Waals surface area (Å²) < 4.78 is 6.61. The van der Waals surface area contributed by atoms with E-state index < -0.39 is 21.6 Å². The quantitative estimate of drug-likeness (QED) is 0.639. The number of rotatable bonds is 5. The first-order valence-corrected chi connectivity index (χ1v) is 11.5. The van der Waals surface area contributed by atoms with Gasteiger partial charge in [-0.15, -0.1) is 0 Å². The Balaban J connectivity index is 1.93. The third-order valence-electron chi connectivity index (χ3n) is 5.08. The van der Waals surface area contributed by atoms with E-state index in [0.29, 0.717) is 0 Å². The summed E-state index contributed by atoms with van der Waals surface area (Å²) in [5, 5.41) is 0. The van der Waals surface area contributed by atoms with Crippen LogP contribution in [-0.2, 0) is 7.87 Å². The van der Waals surface area contributed by atoms with Gasteiger partial charge in [0.15, 0.2) is 0 Å². The van der Waals surface area contributed by atoms with Gasteiger partial charge in [0.25, 0.3) is 0 Å². The molecule has 2 radical (unpaired) electrons. The van der Waals surface area contributed by atoms with Gasteiger partial charge in [-0.1, -0.05) is 0 Å². The van der Waals surface area contributed by atoms with E-state index in [0.717, 1.165) is 15.8 Å². The Morgan fingerprint density at radius 2 is 1.35 bits per heavy atom. The first-order valence-electron chi connectivity index (χ1n) is 8.64. The van der Waals surface area contributed by atoms with Gasteiger partial charge in [0.1, 0.15) is 0 Å². The van der Waals surface area contributed by atoms with Crippen LogP contribution in [0.5, 0.6) is 0 Å². The predicted octanol–water partition coefficient (Wildman–Crippen LogP) is 4.75. The van der Waals surface area contributed by atoms with Crippen LogP contribution in [0.3, 0.4) is 0 Å². The van der Waals surface area contributed by atoms with E-state index in [2.05, 4.69) is 0 Å². The van der Waals surface area contributed by atoms with Gasteiger partial charge in [-0.05, 0) is 0 Å². The van der Waals surface area contributed by atoms with Crippen molar-refractivity contribution in [1.29, 1.82) is 0 Å². The topological polar surface area (TPSA) is 26.3 Å². The summed E-state index contributed by atoms with van der Waals surface area (Å²) in [7, 11) is 0. The van der Waals surface area contributed by atoms with Gasteiger partial charge in [-0.3, -0.25) is 0 Å². The van der Waals surface area contributed by atoms with Crippen molar-refractivity contribution in [2.24, 2.45) is 17.8 Å². The molecule has 0 aromatic carbocycles. The summed E-state index contributed by atoms with van der Waals surface area (Å²) in [5.41, 5.74) is 0. The Bertz CT molecular complexity index is 273. The molecule has 2 aliphatic carbocycles. The molecule has 2 rings (SSSR count). The summed E-state index contributed by atoms with van der Waals surface area (Å²) in [4.78, 5) is 11.8. The molecule has 2 fully saturated rings. The molecule has 0 bridgehead atoms. The minimum atomic E-state index is -1.02. The summed E-state index contributed by atoms with van der Waals surface area (Å²) in [6, 6.07) is 0. The molecule has 3 heteroatoms. The van der Waals surface area contributed by atoms with Crippen molar-refractivity contribution in [3.05, 3.63) is 0 Å². The second-order valence-electron chi connectivity index (χ2n) is 7.02. The van der Waals surface area contributed by atoms with Crippen LogP contribution in [0.1, 0.15) is 78.1 Å². The molecular formula is C17H30O2Sn. The van der Waals surface area contributed by atoms with E-state index in [1.165, 1.54) is 64.2 Å². The molecule has 0 unspecified atom stereocenters. The van der Waals surface area contributed by atoms with E-state index in [-0.39, 0.29) is 11.9 Å². The summed E-state index contributed by atoms with van der Waals surface area (Å²) >= 11 is -1.02. The molecule has 0 spiro atoms. The maximum atomic E-state index is 11.8. The number of hydrogen-bond acceptors (Lipinski definition) is 2. The van der Waals surface area contributed by atoms with Crippen molar-refractivity contribution in [3.8, 4) is 0 Å². The molecule has 2 aliphatic rings. The van der Waals surface area contributed by atoms with Crippen LogP contribution >= 0.6 is 0 Å². The van der Waals surface area contributed by atoms with E-state index in [1.54, 1.807) is 0 Å². The van der Waals surface area contributed by atoms with Crippen molar-refractivity contribution in [2.45, 2.75) is 82.0 Å². The van der Waals surface area contributed by atoms with Gasteiger partial charge in [0, 0.05) is 0 Å². The van der Waals surface area contributed by atoms with Crippen molar-refractivity contribution in [1.82, 2.24) is 0 Å². The molecule has 0 heterocycles. The van der Waals surface area contributed by atoms with Crippen LogP contribution in [0.4, 0.5) is 0 Å². The predicted molar refractivity (Wildman–Crippen MR) is 83.6 cm³/mol. The standard InChI is InChI=1S/C13H23.C4H8O2.Sn/c1-3-7-12(8-4-1)11-13-9-5-2-6-10-13;1-3(2)4(5)6;/h11-13H,1-10H2;3H,1-2H3,(H,5,6);/q;;+1/p-1. The minimum absolute atomic E-state index is 0.0502. The monoisotopic (exact) mass is 386 g/mol. The van der Waals surface area contributed by atoms with Gasteiger partial charge in [0.2, 0.25) is 0 Å². The normalized spacial score (nSPS) is 22.4. The zero-order valence-electron chi connectivity index (χ0n) is 13.2. The van der Waals surface area contributed by atoms with E-state index >= 15 is 0 Å². The van der Waals surface area contributed by atoms with Crippen LogP contribution in [-0.4, -0.2) is 27.5 Å². The van der Waals surface area contributed by atoms with E-state index in [1.807, 2.05) is 13.8 Å². The Kier molecular flexibility index (Phi) is 7.19. The third-order valence-corrected chi connectivity index (χ3v) is 9.46. The number of carbonyl (C=O) groups excluding carboxylic acids is 1. The molecule has 2 nitrogen and oxygen atoms in total. The van der Waals surface area contributed by atoms with Crippen LogP contribution in [0.2, 0.25) is 3.93 Å². The molecule has 20 heavy (non-hydrogen) atoms. The van der Waals surface area contributed by atoms with Crippen molar-refractivity contribution in [3.63, 3.8) is 0 Å². The SMILES string of the molecule is CC(C)C(=O)[O][Sn][CH](C1CCCCC1)C1CCCCC1. The molecule has 0 amide bonds. The zero-order valence-corrected chi connectivity index (χ0v) is 16.1. The second kappa shape index (κ2) is 8.65. The van der Waals surface area contributed by atoms with Crippen molar-refractivity contribution in [2.75, 3.05) is 0 Å². The molecule has 0 saturated heterocycles. The number of hydrogen-bond donors (Lipinski definition) is 0. The van der Waals surface area contributed by atoms with Crippen LogP contribution in [0, 0.1) is 17.8 Å².